The molecule has 3 heteroatoms. The quantitative estimate of drug-likeness (QED) is 0.696. The van der Waals surface area contributed by atoms with E-state index in [1.165, 1.54) is 0 Å². The Hall–Kier alpha value is -2.06. The fraction of sp³-hybridized carbons (Fsp3) is 0.0625. The summed E-state index contributed by atoms with van der Waals surface area (Å²) in [6, 6.07) is 20.2. The molecule has 0 saturated heterocycles. The molecule has 3 rings (SSSR count). The second-order valence-electron chi connectivity index (χ2n) is 4.34. The van der Waals surface area contributed by atoms with E-state index in [1.807, 2.05) is 48.5 Å². The maximum absolute atomic E-state index is 5.77. The van der Waals surface area contributed by atoms with Crippen molar-refractivity contribution in [3.05, 3.63) is 66.2 Å². The highest BCUT2D eigenvalue weighted by atomic mass is 35.5. The van der Waals surface area contributed by atoms with Gasteiger partial charge in [-0.2, -0.15) is 0 Å². The van der Waals surface area contributed by atoms with Crippen molar-refractivity contribution in [3.63, 3.8) is 0 Å². The third kappa shape index (κ3) is 2.69. The van der Waals surface area contributed by atoms with Crippen LogP contribution in [0.2, 0.25) is 0 Å². The Balaban J connectivity index is 1.87. The lowest BCUT2D eigenvalue weighted by Crippen LogP contribution is -1.93. The van der Waals surface area contributed by atoms with Gasteiger partial charge in [-0.15, -0.1) is 11.6 Å². The molecule has 0 aliphatic carbocycles. The molecule has 2 nitrogen and oxygen atoms in total. The number of halogens is 1. The van der Waals surface area contributed by atoms with Crippen LogP contribution in [0, 0.1) is 0 Å². The van der Waals surface area contributed by atoms with Crippen LogP contribution in [-0.2, 0) is 5.88 Å². The number of aromatic nitrogens is 1. The van der Waals surface area contributed by atoms with Gasteiger partial charge in [0.05, 0.1) is 5.52 Å². The predicted octanol–water partition coefficient (Wildman–Crippen LogP) is 4.72. The number of rotatable bonds is 3. The average molecular weight is 269 g/mol. The van der Waals surface area contributed by atoms with E-state index >= 15 is 0 Å². The van der Waals surface area contributed by atoms with Gasteiger partial charge in [0, 0.05) is 17.0 Å². The van der Waals surface area contributed by atoms with E-state index in [0.717, 1.165) is 28.0 Å². The van der Waals surface area contributed by atoms with Gasteiger partial charge in [-0.05, 0) is 35.9 Å². The molecule has 0 spiro atoms. The number of hydrogen-bond acceptors (Lipinski definition) is 2. The van der Waals surface area contributed by atoms with Crippen LogP contribution in [-0.4, -0.2) is 4.98 Å². The largest absolute Gasteiger partial charge is 0.340 e. The summed E-state index contributed by atoms with van der Waals surface area (Å²) in [4.78, 5) is 4.58. The zero-order valence-electron chi connectivity index (χ0n) is 10.3. The van der Waals surface area contributed by atoms with Gasteiger partial charge in [0.25, 0.3) is 0 Å². The predicted molar refractivity (Wildman–Crippen MR) is 81.0 cm³/mol. The molecule has 1 heterocycles. The van der Waals surface area contributed by atoms with Crippen molar-refractivity contribution in [1.82, 2.24) is 4.98 Å². The number of hydrogen-bond donors (Lipinski definition) is 1. The molecule has 19 heavy (non-hydrogen) atoms. The molecule has 0 saturated carbocycles. The summed E-state index contributed by atoms with van der Waals surface area (Å²) in [7, 11) is 0. The Bertz CT molecular complexity index is 692. The van der Waals surface area contributed by atoms with Crippen LogP contribution in [0.1, 0.15) is 5.56 Å². The van der Waals surface area contributed by atoms with Crippen molar-refractivity contribution in [2.45, 2.75) is 5.88 Å². The third-order valence-corrected chi connectivity index (χ3v) is 3.29. The lowest BCUT2D eigenvalue weighted by atomic mass is 10.2. The number of fused-ring (bicyclic) bond motifs is 1. The Morgan fingerprint density at radius 2 is 1.68 bits per heavy atom. The minimum Gasteiger partial charge on any atom is -0.340 e. The normalized spacial score (nSPS) is 10.6. The number of alkyl halides is 1. The van der Waals surface area contributed by atoms with Gasteiger partial charge < -0.3 is 5.32 Å². The maximum atomic E-state index is 5.77. The Labute approximate surface area is 117 Å². The number of benzene rings is 2. The Morgan fingerprint density at radius 3 is 2.47 bits per heavy atom. The lowest BCUT2D eigenvalue weighted by molar-refractivity contribution is 1.35. The summed E-state index contributed by atoms with van der Waals surface area (Å²) in [5, 5.41) is 4.44. The van der Waals surface area contributed by atoms with Crippen LogP contribution in [0.5, 0.6) is 0 Å². The molecule has 94 valence electrons. The zero-order valence-corrected chi connectivity index (χ0v) is 11.1. The number of nitrogens with one attached hydrogen (secondary N) is 1. The number of para-hydroxylation sites is 1. The molecule has 0 atom stereocenters. The van der Waals surface area contributed by atoms with Gasteiger partial charge in [-0.25, -0.2) is 4.98 Å². The maximum Gasteiger partial charge on any atom is 0.131 e. The Morgan fingerprint density at radius 1 is 0.895 bits per heavy atom. The van der Waals surface area contributed by atoms with Gasteiger partial charge in [0.2, 0.25) is 0 Å². The van der Waals surface area contributed by atoms with Gasteiger partial charge in [-0.1, -0.05) is 30.3 Å². The van der Waals surface area contributed by atoms with E-state index in [0.29, 0.717) is 5.88 Å². The van der Waals surface area contributed by atoms with Crippen molar-refractivity contribution in [2.75, 3.05) is 5.32 Å². The summed E-state index contributed by atoms with van der Waals surface area (Å²) >= 11 is 5.77. The molecule has 0 fully saturated rings. The highest BCUT2D eigenvalue weighted by Gasteiger charge is 1.99. The smallest absolute Gasteiger partial charge is 0.131 e. The molecule has 2 aromatic carbocycles. The highest BCUT2D eigenvalue weighted by Crippen LogP contribution is 2.19. The van der Waals surface area contributed by atoms with Crippen molar-refractivity contribution in [1.29, 1.82) is 0 Å². The summed E-state index contributed by atoms with van der Waals surface area (Å²) < 4.78 is 0. The van der Waals surface area contributed by atoms with Crippen LogP contribution in [0.15, 0.2) is 60.7 Å². The molecule has 1 aromatic heterocycles. The minimum atomic E-state index is 0.536. The summed E-state index contributed by atoms with van der Waals surface area (Å²) in [6.45, 7) is 0. The first-order valence-electron chi connectivity index (χ1n) is 6.13. The zero-order chi connectivity index (χ0) is 13.1. The first-order valence-corrected chi connectivity index (χ1v) is 6.66. The van der Waals surface area contributed by atoms with E-state index in [-0.39, 0.29) is 0 Å². The molecule has 3 aromatic rings. The Kier molecular flexibility index (Phi) is 3.34. The van der Waals surface area contributed by atoms with Gasteiger partial charge >= 0.3 is 0 Å². The van der Waals surface area contributed by atoms with Crippen LogP contribution in [0.4, 0.5) is 11.5 Å². The molecule has 0 radical (unpaired) electrons. The average Bonchev–Trinajstić information content (AvgIpc) is 2.48. The lowest BCUT2D eigenvalue weighted by Gasteiger charge is -2.07. The SMILES string of the molecule is ClCc1ccc(Nc2ccc3ccccc3n2)cc1. The van der Waals surface area contributed by atoms with Crippen molar-refractivity contribution < 1.29 is 0 Å². The highest BCUT2D eigenvalue weighted by molar-refractivity contribution is 6.17. The van der Waals surface area contributed by atoms with Gasteiger partial charge in [0.15, 0.2) is 0 Å². The van der Waals surface area contributed by atoms with Gasteiger partial charge in [0.1, 0.15) is 5.82 Å². The first-order chi connectivity index (χ1) is 9.35. The summed E-state index contributed by atoms with van der Waals surface area (Å²) in [5.41, 5.74) is 3.11. The number of anilines is 2. The third-order valence-electron chi connectivity index (χ3n) is 2.98. The topological polar surface area (TPSA) is 24.9 Å². The van der Waals surface area contributed by atoms with E-state index in [4.69, 9.17) is 11.6 Å². The second kappa shape index (κ2) is 5.29. The van der Waals surface area contributed by atoms with Crippen LogP contribution < -0.4 is 5.32 Å². The van der Waals surface area contributed by atoms with Crippen LogP contribution in [0.25, 0.3) is 10.9 Å². The standard InChI is InChI=1S/C16H13ClN2/c17-11-12-5-8-14(9-6-12)18-16-10-7-13-3-1-2-4-15(13)19-16/h1-10H,11H2,(H,18,19). The fourth-order valence-electron chi connectivity index (χ4n) is 1.96. The molecule has 1 N–H and O–H groups in total. The molecule has 0 aliphatic rings. The van der Waals surface area contributed by atoms with E-state index in [9.17, 15) is 0 Å². The van der Waals surface area contributed by atoms with Crippen molar-refractivity contribution in [2.24, 2.45) is 0 Å². The van der Waals surface area contributed by atoms with Crippen LogP contribution in [0.3, 0.4) is 0 Å². The van der Waals surface area contributed by atoms with E-state index in [1.54, 1.807) is 0 Å². The van der Waals surface area contributed by atoms with Crippen molar-refractivity contribution >= 4 is 34.0 Å². The van der Waals surface area contributed by atoms with Gasteiger partial charge in [-0.3, -0.25) is 0 Å². The minimum absolute atomic E-state index is 0.536. The van der Waals surface area contributed by atoms with E-state index in [2.05, 4.69) is 22.4 Å². The molecular weight excluding hydrogens is 256 g/mol. The summed E-state index contributed by atoms with van der Waals surface area (Å²) in [5.74, 6) is 1.38. The second-order valence-corrected chi connectivity index (χ2v) is 4.61. The number of nitrogens with zero attached hydrogens (tertiary/aromatic N) is 1. The monoisotopic (exact) mass is 268 g/mol. The van der Waals surface area contributed by atoms with Crippen molar-refractivity contribution in [3.8, 4) is 0 Å². The molecule has 0 amide bonds. The summed E-state index contributed by atoms with van der Waals surface area (Å²) in [6.07, 6.45) is 0. The molecule has 0 unspecified atom stereocenters. The number of pyridine rings is 1. The van der Waals surface area contributed by atoms with E-state index < -0.39 is 0 Å². The first kappa shape index (κ1) is 12.0. The fourth-order valence-corrected chi connectivity index (χ4v) is 2.14. The molecular formula is C16H13ClN2. The molecule has 0 aliphatic heterocycles. The van der Waals surface area contributed by atoms with Crippen LogP contribution >= 0.6 is 11.6 Å². The molecule has 0 bridgehead atoms.